The normalized spacial score (nSPS) is 23.5. The molecule has 2 fully saturated rings. The fourth-order valence-electron chi connectivity index (χ4n) is 6.95. The van der Waals surface area contributed by atoms with Crippen LogP contribution in [0.15, 0.2) is 41.8 Å². The Morgan fingerprint density at radius 2 is 1.98 bits per heavy atom. The Morgan fingerprint density at radius 3 is 2.77 bits per heavy atom. The highest BCUT2D eigenvalue weighted by atomic mass is 32.1. The molecule has 43 heavy (non-hydrogen) atoms. The van der Waals surface area contributed by atoms with Gasteiger partial charge >= 0.3 is 5.97 Å². The highest BCUT2D eigenvalue weighted by molar-refractivity contribution is 7.14. The van der Waals surface area contributed by atoms with E-state index < -0.39 is 11.9 Å². The fraction of sp³-hybridized carbons (Fsp3) is 0.529. The van der Waals surface area contributed by atoms with Crippen LogP contribution in [-0.4, -0.2) is 79.6 Å². The molecular formula is C34H43N3O5S. The van der Waals surface area contributed by atoms with Crippen molar-refractivity contribution in [3.63, 3.8) is 0 Å². The molecular weight excluding hydrogens is 562 g/mol. The lowest BCUT2D eigenvalue weighted by Gasteiger charge is -2.35. The molecule has 3 aliphatic heterocycles. The number of carboxylic acid groups (broad SMARTS) is 1. The van der Waals surface area contributed by atoms with Crippen LogP contribution in [0.25, 0.3) is 11.3 Å². The van der Waals surface area contributed by atoms with Crippen molar-refractivity contribution in [2.24, 2.45) is 5.92 Å². The van der Waals surface area contributed by atoms with Gasteiger partial charge in [-0.2, -0.15) is 0 Å². The van der Waals surface area contributed by atoms with Gasteiger partial charge in [0, 0.05) is 63.5 Å². The van der Waals surface area contributed by atoms with E-state index >= 15 is 0 Å². The lowest BCUT2D eigenvalue weighted by Crippen LogP contribution is -2.47. The molecule has 4 heterocycles. The van der Waals surface area contributed by atoms with Crippen molar-refractivity contribution in [3.05, 3.63) is 64.0 Å². The van der Waals surface area contributed by atoms with Gasteiger partial charge < -0.3 is 24.2 Å². The Bertz CT molecular complexity index is 1420. The summed E-state index contributed by atoms with van der Waals surface area (Å²) in [7, 11) is 1.58. The molecule has 0 bridgehead atoms. The van der Waals surface area contributed by atoms with E-state index in [-0.39, 0.29) is 6.10 Å². The average Bonchev–Trinajstić information content (AvgIpc) is 3.46. The molecule has 8 nitrogen and oxygen atoms in total. The third-order valence-corrected chi connectivity index (χ3v) is 10.3. The molecule has 2 saturated heterocycles. The van der Waals surface area contributed by atoms with Crippen LogP contribution in [-0.2, 0) is 27.3 Å². The Labute approximate surface area is 258 Å². The number of aromatic nitrogens is 1. The molecule has 0 amide bonds. The number of aliphatic carboxylic acids is 1. The minimum absolute atomic E-state index is 0.356. The zero-order chi connectivity index (χ0) is 29.9. The smallest absolute Gasteiger partial charge is 0.309 e. The second-order valence-electron chi connectivity index (χ2n) is 12.2. The average molecular weight is 606 g/mol. The molecule has 3 aromatic rings. The number of hydrogen-bond donors (Lipinski definition) is 1. The number of piperidine rings is 1. The monoisotopic (exact) mass is 605 g/mol. The summed E-state index contributed by atoms with van der Waals surface area (Å²) in [5.41, 5.74) is 7.01. The molecule has 6 rings (SSSR count). The summed E-state index contributed by atoms with van der Waals surface area (Å²) >= 11 is 1.58. The van der Waals surface area contributed by atoms with E-state index in [0.717, 1.165) is 73.3 Å². The first-order valence-corrected chi connectivity index (χ1v) is 16.4. The van der Waals surface area contributed by atoms with Crippen molar-refractivity contribution < 1.29 is 24.1 Å². The quantitative estimate of drug-likeness (QED) is 0.347. The zero-order valence-corrected chi connectivity index (χ0v) is 26.3. The number of carboxylic acids is 1. The summed E-state index contributed by atoms with van der Waals surface area (Å²) in [6.45, 7) is 10.1. The first-order valence-electron chi connectivity index (χ1n) is 15.5. The summed E-state index contributed by atoms with van der Waals surface area (Å²) in [5, 5.41) is 12.5. The van der Waals surface area contributed by atoms with Gasteiger partial charge in [0.05, 0.1) is 17.7 Å². The number of thiazole rings is 1. The highest BCUT2D eigenvalue weighted by Gasteiger charge is 2.35. The molecule has 230 valence electrons. The number of para-hydroxylation sites is 1. The molecule has 0 spiro atoms. The zero-order valence-electron chi connectivity index (χ0n) is 25.5. The van der Waals surface area contributed by atoms with Gasteiger partial charge in [-0.15, -0.1) is 11.3 Å². The van der Waals surface area contributed by atoms with Crippen molar-refractivity contribution in [1.82, 2.24) is 9.88 Å². The second-order valence-corrected chi connectivity index (χ2v) is 13.1. The van der Waals surface area contributed by atoms with E-state index in [1.54, 1.807) is 18.4 Å². The Hall–Kier alpha value is -2.98. The highest BCUT2D eigenvalue weighted by Crippen LogP contribution is 2.37. The van der Waals surface area contributed by atoms with Crippen LogP contribution in [0.4, 0.5) is 5.13 Å². The minimum Gasteiger partial charge on any atom is -0.488 e. The van der Waals surface area contributed by atoms with Crippen molar-refractivity contribution in [2.75, 3.05) is 51.4 Å². The molecule has 9 heteroatoms. The van der Waals surface area contributed by atoms with Gasteiger partial charge in [0.1, 0.15) is 12.4 Å². The maximum absolute atomic E-state index is 11.6. The molecule has 0 aliphatic carbocycles. The van der Waals surface area contributed by atoms with Gasteiger partial charge in [-0.25, -0.2) is 4.98 Å². The number of methoxy groups -OCH3 is 1. The molecule has 0 unspecified atom stereocenters. The van der Waals surface area contributed by atoms with E-state index in [1.807, 2.05) is 6.07 Å². The number of rotatable bonds is 8. The van der Waals surface area contributed by atoms with Crippen molar-refractivity contribution in [1.29, 1.82) is 0 Å². The Kier molecular flexibility index (Phi) is 9.33. The van der Waals surface area contributed by atoms with Gasteiger partial charge in [0.25, 0.3) is 0 Å². The van der Waals surface area contributed by atoms with Crippen LogP contribution in [0.1, 0.15) is 54.4 Å². The SMILES string of the molecule is CO[C@H]1CN(c2nc(-c3cccc(C)c3OCc3ccc4c(c3)[C@@H](C)CN(C3CCOCC3)CC4)cs2)CC[C@H]1C(=O)O. The molecule has 3 aliphatic rings. The third-order valence-electron chi connectivity index (χ3n) is 9.44. The summed E-state index contributed by atoms with van der Waals surface area (Å²) in [5.74, 6) is 0.0431. The second kappa shape index (κ2) is 13.3. The van der Waals surface area contributed by atoms with Crippen molar-refractivity contribution in [2.45, 2.75) is 64.2 Å². The lowest BCUT2D eigenvalue weighted by molar-refractivity contribution is -0.147. The van der Waals surface area contributed by atoms with Gasteiger partial charge in [0.15, 0.2) is 5.13 Å². The summed E-state index contributed by atoms with van der Waals surface area (Å²) < 4.78 is 17.7. The van der Waals surface area contributed by atoms with Crippen LogP contribution in [0.3, 0.4) is 0 Å². The van der Waals surface area contributed by atoms with Crippen LogP contribution in [0.2, 0.25) is 0 Å². The minimum atomic E-state index is -0.797. The first kappa shape index (κ1) is 30.1. The Morgan fingerprint density at radius 1 is 1.14 bits per heavy atom. The van der Waals surface area contributed by atoms with E-state index in [4.69, 9.17) is 19.2 Å². The maximum Gasteiger partial charge on any atom is 0.309 e. The number of fused-ring (bicyclic) bond motifs is 1. The number of benzene rings is 2. The number of aryl methyl sites for hydroxylation is 1. The fourth-order valence-corrected chi connectivity index (χ4v) is 7.82. The standard InChI is InChI=1S/C34H43N3O5S/c1-22-5-4-6-27(30-21-43-34(35-30)37-14-10-28(33(38)39)31(19-37)40-3)32(22)42-20-24-7-8-25-9-13-36(18-23(2)29(25)17-24)26-11-15-41-16-12-26/h4-8,17,21,23,26,28,31H,9-16,18-20H2,1-3H3,(H,38,39)/t23-,28+,31-/m0/s1. The van der Waals surface area contributed by atoms with Crippen LogP contribution >= 0.6 is 11.3 Å². The van der Waals surface area contributed by atoms with Gasteiger partial charge in [-0.3, -0.25) is 9.69 Å². The van der Waals surface area contributed by atoms with E-state index in [1.165, 1.54) is 16.7 Å². The predicted octanol–water partition coefficient (Wildman–Crippen LogP) is 5.76. The number of anilines is 1. The van der Waals surface area contributed by atoms with Gasteiger partial charge in [-0.05, 0) is 66.8 Å². The van der Waals surface area contributed by atoms with E-state index in [2.05, 4.69) is 59.4 Å². The van der Waals surface area contributed by atoms with Crippen LogP contribution in [0, 0.1) is 12.8 Å². The van der Waals surface area contributed by atoms with Crippen molar-refractivity contribution >= 4 is 22.4 Å². The molecule has 1 aromatic heterocycles. The first-order chi connectivity index (χ1) is 20.9. The molecule has 1 N–H and O–H groups in total. The van der Waals surface area contributed by atoms with Gasteiger partial charge in [-0.1, -0.05) is 37.3 Å². The molecule has 3 atom stereocenters. The van der Waals surface area contributed by atoms with Crippen molar-refractivity contribution in [3.8, 4) is 17.0 Å². The lowest BCUT2D eigenvalue weighted by atomic mass is 9.93. The summed E-state index contributed by atoms with van der Waals surface area (Å²) in [6, 6.07) is 13.7. The number of carbonyl (C=O) groups is 1. The summed E-state index contributed by atoms with van der Waals surface area (Å²) in [6.07, 6.45) is 3.54. The van der Waals surface area contributed by atoms with Crippen LogP contribution < -0.4 is 9.64 Å². The topological polar surface area (TPSA) is 84.4 Å². The largest absolute Gasteiger partial charge is 0.488 e. The number of hydrogen-bond acceptors (Lipinski definition) is 8. The van der Waals surface area contributed by atoms with E-state index in [0.29, 0.717) is 38.1 Å². The number of ether oxygens (including phenoxy) is 3. The predicted molar refractivity (Wildman–Crippen MR) is 169 cm³/mol. The molecule has 0 saturated carbocycles. The molecule has 0 radical (unpaired) electrons. The number of nitrogens with zero attached hydrogens (tertiary/aromatic N) is 3. The summed E-state index contributed by atoms with van der Waals surface area (Å²) in [4.78, 5) is 21.4. The van der Waals surface area contributed by atoms with Gasteiger partial charge in [0.2, 0.25) is 0 Å². The maximum atomic E-state index is 11.6. The Balaban J connectivity index is 1.15. The molecule has 2 aromatic carbocycles. The van der Waals surface area contributed by atoms with E-state index in [9.17, 15) is 9.90 Å². The van der Waals surface area contributed by atoms with Crippen LogP contribution in [0.5, 0.6) is 5.75 Å². The third kappa shape index (κ3) is 6.60.